The fourth-order valence-electron chi connectivity index (χ4n) is 4.12. The third kappa shape index (κ3) is 4.61. The van der Waals surface area contributed by atoms with Crippen LogP contribution in [-0.4, -0.2) is 36.6 Å². The summed E-state index contributed by atoms with van der Waals surface area (Å²) in [6.07, 6.45) is 1.26. The molecule has 1 atom stereocenters. The van der Waals surface area contributed by atoms with Crippen molar-refractivity contribution in [1.29, 1.82) is 0 Å². The highest BCUT2D eigenvalue weighted by Crippen LogP contribution is 2.38. The average Bonchev–Trinajstić information content (AvgIpc) is 3.19. The minimum absolute atomic E-state index is 0.0339. The van der Waals surface area contributed by atoms with Gasteiger partial charge in [-0.2, -0.15) is 0 Å². The number of anilines is 2. The number of nitrogens with two attached hydrogens (primary N) is 1. The number of benzene rings is 2. The minimum atomic E-state index is -1.64. The molecule has 38 heavy (non-hydrogen) atoms. The molecule has 0 saturated carbocycles. The molecule has 3 heterocycles. The molecule has 0 bridgehead atoms. The van der Waals surface area contributed by atoms with Crippen LogP contribution < -0.4 is 15.8 Å². The summed E-state index contributed by atoms with van der Waals surface area (Å²) in [5, 5.41) is 2.52. The zero-order valence-corrected chi connectivity index (χ0v) is 20.7. The normalized spacial score (nSPS) is 11.9. The molecule has 2 aromatic carbocycles. The molecule has 3 aromatic heterocycles. The van der Waals surface area contributed by atoms with Crippen LogP contribution in [0, 0.1) is 19.7 Å². The number of rotatable bonds is 6. The molecule has 1 unspecified atom stereocenters. The molecule has 0 saturated heterocycles. The highest BCUT2D eigenvalue weighted by molar-refractivity contribution is 5.97. The van der Waals surface area contributed by atoms with Crippen LogP contribution in [0.2, 0.25) is 0 Å². The largest absolute Gasteiger partial charge is 0.421 e. The molecule has 0 radical (unpaired) electrons. The van der Waals surface area contributed by atoms with Gasteiger partial charge in [-0.3, -0.25) is 4.79 Å². The number of nitrogens with one attached hydrogen (secondary N) is 1. The predicted octanol–water partition coefficient (Wildman–Crippen LogP) is 5.30. The second-order valence-corrected chi connectivity index (χ2v) is 8.65. The van der Waals surface area contributed by atoms with Crippen molar-refractivity contribution in [1.82, 2.24) is 24.5 Å². The number of ether oxygens (including phenoxy) is 1. The van der Waals surface area contributed by atoms with Crippen molar-refractivity contribution in [3.05, 3.63) is 78.1 Å². The molecule has 5 rings (SSSR count). The van der Waals surface area contributed by atoms with E-state index in [1.807, 2.05) is 6.92 Å². The first-order valence-corrected chi connectivity index (χ1v) is 11.7. The Kier molecular flexibility index (Phi) is 6.41. The van der Waals surface area contributed by atoms with Crippen molar-refractivity contribution in [3.63, 3.8) is 0 Å². The first-order chi connectivity index (χ1) is 18.2. The van der Waals surface area contributed by atoms with Gasteiger partial charge in [-0.15, -0.1) is 0 Å². The number of nitrogen functional groups attached to an aromatic ring is 1. The Morgan fingerprint density at radius 2 is 1.84 bits per heavy atom. The monoisotopic (exact) mass is 515 g/mol. The summed E-state index contributed by atoms with van der Waals surface area (Å²) in [6, 6.07) is 13.1. The lowest BCUT2D eigenvalue weighted by Crippen LogP contribution is -2.20. The smallest absolute Gasteiger partial charge is 0.322 e. The maximum atomic E-state index is 15.3. The molecule has 0 spiro atoms. The number of alkyl halides is 1. The van der Waals surface area contributed by atoms with Crippen LogP contribution >= 0.6 is 0 Å². The summed E-state index contributed by atoms with van der Waals surface area (Å²) in [5.41, 5.74) is 11.2. The average molecular weight is 516 g/mol. The van der Waals surface area contributed by atoms with E-state index in [2.05, 4.69) is 25.3 Å². The number of hydrogen-bond acceptors (Lipinski definition) is 7. The van der Waals surface area contributed by atoms with Gasteiger partial charge in [0.15, 0.2) is 23.6 Å². The van der Waals surface area contributed by atoms with Gasteiger partial charge >= 0.3 is 6.01 Å². The van der Waals surface area contributed by atoms with Crippen LogP contribution in [0.3, 0.4) is 0 Å². The zero-order valence-electron chi connectivity index (χ0n) is 20.7. The first-order valence-electron chi connectivity index (χ1n) is 11.7. The Morgan fingerprint density at radius 1 is 1.08 bits per heavy atom. The van der Waals surface area contributed by atoms with Gasteiger partial charge in [-0.05, 0) is 56.7 Å². The maximum Gasteiger partial charge on any atom is 0.322 e. The van der Waals surface area contributed by atoms with E-state index in [9.17, 15) is 9.18 Å². The Labute approximate surface area is 216 Å². The second kappa shape index (κ2) is 9.85. The first kappa shape index (κ1) is 24.8. The van der Waals surface area contributed by atoms with Crippen LogP contribution in [0.15, 0.2) is 61.1 Å². The van der Waals surface area contributed by atoms with Gasteiger partial charge < -0.3 is 20.4 Å². The highest BCUT2D eigenvalue weighted by atomic mass is 19.1. The summed E-state index contributed by atoms with van der Waals surface area (Å²) in [4.78, 5) is 28.4. The maximum absolute atomic E-state index is 15.3. The van der Waals surface area contributed by atoms with Gasteiger partial charge in [-0.1, -0.05) is 12.1 Å². The van der Waals surface area contributed by atoms with Crippen molar-refractivity contribution < 1.29 is 18.3 Å². The Morgan fingerprint density at radius 3 is 2.53 bits per heavy atom. The van der Waals surface area contributed by atoms with Gasteiger partial charge in [0, 0.05) is 34.9 Å². The number of aromatic nitrogens is 5. The zero-order chi connectivity index (χ0) is 27.0. The van der Waals surface area contributed by atoms with Crippen molar-refractivity contribution in [2.24, 2.45) is 0 Å². The fourth-order valence-corrected chi connectivity index (χ4v) is 4.12. The third-order valence-corrected chi connectivity index (χ3v) is 5.94. The van der Waals surface area contributed by atoms with Crippen molar-refractivity contribution >= 4 is 28.4 Å². The van der Waals surface area contributed by atoms with Crippen LogP contribution in [0.5, 0.6) is 11.8 Å². The number of nitrogens with zero attached hydrogens (tertiary/aromatic N) is 5. The number of carbonyl (C=O) groups is 1. The lowest BCUT2D eigenvalue weighted by Gasteiger charge is -2.14. The molecule has 5 aromatic rings. The number of hydrogen-bond donors (Lipinski definition) is 2. The van der Waals surface area contributed by atoms with E-state index in [0.717, 1.165) is 11.1 Å². The summed E-state index contributed by atoms with van der Waals surface area (Å²) < 4.78 is 35.9. The predicted molar refractivity (Wildman–Crippen MR) is 139 cm³/mol. The second-order valence-electron chi connectivity index (χ2n) is 8.65. The molecule has 0 aliphatic heterocycles. The topological polar surface area (TPSA) is 121 Å². The number of halogens is 2. The Hall–Kier alpha value is -4.93. The number of fused-ring (bicyclic) bond motifs is 1. The Balaban J connectivity index is 1.61. The number of amides is 1. The van der Waals surface area contributed by atoms with Crippen molar-refractivity contribution in [3.8, 4) is 28.7 Å². The standard InChI is InChI=1S/C27H23F2N7O2/c1-14-10-11-31-27(34-14)38-21-9-8-19(12-20(21)29)36-23(15(2)22-24(36)25(30)33-13-32-22)17-4-6-18(7-5-17)35-26(37)16(3)28/h4-13,16H,1-3H3,(H,35,37)(H2,30,32,33). The molecular weight excluding hydrogens is 492 g/mol. The third-order valence-electron chi connectivity index (χ3n) is 5.94. The van der Waals surface area contributed by atoms with E-state index in [0.29, 0.717) is 33.8 Å². The quantitative estimate of drug-likeness (QED) is 0.315. The van der Waals surface area contributed by atoms with E-state index in [1.165, 1.54) is 31.6 Å². The van der Waals surface area contributed by atoms with Crippen LogP contribution in [0.1, 0.15) is 18.2 Å². The van der Waals surface area contributed by atoms with Crippen LogP contribution in [0.4, 0.5) is 20.3 Å². The Bertz CT molecular complexity index is 1670. The van der Waals surface area contributed by atoms with E-state index in [4.69, 9.17) is 10.5 Å². The summed E-state index contributed by atoms with van der Waals surface area (Å²) >= 11 is 0. The number of carbonyl (C=O) groups excluding carboxylic acids is 1. The van der Waals surface area contributed by atoms with Crippen molar-refractivity contribution in [2.45, 2.75) is 26.9 Å². The van der Waals surface area contributed by atoms with E-state index < -0.39 is 17.9 Å². The van der Waals surface area contributed by atoms with Gasteiger partial charge in [0.2, 0.25) is 0 Å². The molecule has 1 amide bonds. The summed E-state index contributed by atoms with van der Waals surface area (Å²) in [7, 11) is 0. The summed E-state index contributed by atoms with van der Waals surface area (Å²) in [6.45, 7) is 4.83. The van der Waals surface area contributed by atoms with E-state index in [1.54, 1.807) is 47.9 Å². The minimum Gasteiger partial charge on any atom is -0.421 e. The molecule has 0 aliphatic carbocycles. The molecule has 9 nitrogen and oxygen atoms in total. The van der Waals surface area contributed by atoms with Gasteiger partial charge in [-0.25, -0.2) is 28.7 Å². The van der Waals surface area contributed by atoms with E-state index in [-0.39, 0.29) is 17.6 Å². The lowest BCUT2D eigenvalue weighted by molar-refractivity contribution is -0.120. The van der Waals surface area contributed by atoms with Gasteiger partial charge in [0.05, 0.1) is 11.2 Å². The fraction of sp³-hybridized carbons (Fsp3) is 0.148. The van der Waals surface area contributed by atoms with Gasteiger partial charge in [0.1, 0.15) is 11.8 Å². The van der Waals surface area contributed by atoms with E-state index >= 15 is 4.39 Å². The molecule has 3 N–H and O–H groups in total. The SMILES string of the molecule is Cc1ccnc(Oc2ccc(-n3c(-c4ccc(NC(=O)C(C)F)cc4)c(C)c4ncnc(N)c43)cc2F)n1. The van der Waals surface area contributed by atoms with Crippen LogP contribution in [-0.2, 0) is 4.79 Å². The molecule has 11 heteroatoms. The van der Waals surface area contributed by atoms with Crippen LogP contribution in [0.25, 0.3) is 28.0 Å². The molecule has 192 valence electrons. The highest BCUT2D eigenvalue weighted by Gasteiger charge is 2.22. The molecular formula is C27H23F2N7O2. The summed E-state index contributed by atoms with van der Waals surface area (Å²) in [5.74, 6) is -1.19. The lowest BCUT2D eigenvalue weighted by atomic mass is 10.1. The molecule has 0 fully saturated rings. The number of aryl methyl sites for hydroxylation is 2. The molecule has 0 aliphatic rings. The van der Waals surface area contributed by atoms with Gasteiger partial charge in [0.25, 0.3) is 5.91 Å². The van der Waals surface area contributed by atoms with Crippen molar-refractivity contribution in [2.75, 3.05) is 11.1 Å².